The Morgan fingerprint density at radius 3 is 2.07 bits per heavy atom. The highest BCUT2D eigenvalue weighted by Gasteiger charge is 2.32. The van der Waals surface area contributed by atoms with Crippen molar-refractivity contribution in [2.75, 3.05) is 21.3 Å². The molecule has 1 N–H and O–H groups in total. The Morgan fingerprint density at radius 1 is 1.04 bits per heavy atom. The molecule has 1 saturated carbocycles. The van der Waals surface area contributed by atoms with Gasteiger partial charge in [0.15, 0.2) is 11.5 Å². The highest BCUT2D eigenvalue weighted by molar-refractivity contribution is 5.76. The fourth-order valence-corrected chi connectivity index (χ4v) is 4.15. The molecule has 158 valence electrons. The molecule has 1 fully saturated rings. The summed E-state index contributed by atoms with van der Waals surface area (Å²) in [7, 11) is 4.79. The number of rotatable bonds is 9. The topological polar surface area (TPSA) is 56.8 Å². The highest BCUT2D eigenvalue weighted by atomic mass is 16.5. The van der Waals surface area contributed by atoms with E-state index < -0.39 is 0 Å². The van der Waals surface area contributed by atoms with Gasteiger partial charge in [0.1, 0.15) is 0 Å². The van der Waals surface area contributed by atoms with Crippen LogP contribution in [0.4, 0.5) is 0 Å². The van der Waals surface area contributed by atoms with E-state index in [0.29, 0.717) is 41.5 Å². The number of carbonyl (C=O) groups excluding carboxylic acids is 1. The van der Waals surface area contributed by atoms with Crippen LogP contribution in [0.1, 0.15) is 64.9 Å². The first kappa shape index (κ1) is 22.4. The summed E-state index contributed by atoms with van der Waals surface area (Å²) < 4.78 is 16.1. The van der Waals surface area contributed by atoms with Gasteiger partial charge in [-0.1, -0.05) is 27.2 Å². The van der Waals surface area contributed by atoms with Crippen molar-refractivity contribution in [2.24, 2.45) is 11.3 Å². The average Bonchev–Trinajstić information content (AvgIpc) is 2.71. The quantitative estimate of drug-likeness (QED) is 0.660. The van der Waals surface area contributed by atoms with Crippen molar-refractivity contribution >= 4 is 5.91 Å². The second-order valence-electron chi connectivity index (χ2n) is 8.49. The molecule has 0 heterocycles. The van der Waals surface area contributed by atoms with Crippen LogP contribution < -0.4 is 19.5 Å². The highest BCUT2D eigenvalue weighted by Crippen LogP contribution is 2.40. The van der Waals surface area contributed by atoms with Gasteiger partial charge in [0.2, 0.25) is 11.7 Å². The molecule has 5 heteroatoms. The first-order valence-corrected chi connectivity index (χ1v) is 10.4. The number of ether oxygens (including phenoxy) is 3. The normalized spacial score (nSPS) is 19.8. The number of nitrogens with one attached hydrogen (secondary N) is 1. The van der Waals surface area contributed by atoms with E-state index in [1.54, 1.807) is 21.3 Å². The molecule has 0 atom stereocenters. The van der Waals surface area contributed by atoms with Crippen molar-refractivity contribution in [2.45, 2.75) is 71.8 Å². The Morgan fingerprint density at radius 2 is 1.61 bits per heavy atom. The van der Waals surface area contributed by atoms with E-state index in [1.165, 1.54) is 19.3 Å². The smallest absolute Gasteiger partial charge is 0.220 e. The van der Waals surface area contributed by atoms with Crippen LogP contribution in [0, 0.1) is 11.3 Å². The zero-order valence-corrected chi connectivity index (χ0v) is 18.4. The third kappa shape index (κ3) is 5.55. The van der Waals surface area contributed by atoms with Crippen LogP contribution in [-0.4, -0.2) is 33.3 Å². The Labute approximate surface area is 170 Å². The molecular weight excluding hydrogens is 354 g/mol. The first-order valence-electron chi connectivity index (χ1n) is 10.4. The summed E-state index contributed by atoms with van der Waals surface area (Å²) >= 11 is 0. The van der Waals surface area contributed by atoms with Gasteiger partial charge in [-0.15, -0.1) is 0 Å². The third-order valence-electron chi connectivity index (χ3n) is 6.47. The number of amides is 1. The second kappa shape index (κ2) is 10.0. The van der Waals surface area contributed by atoms with Gasteiger partial charge in [0.05, 0.1) is 21.3 Å². The summed E-state index contributed by atoms with van der Waals surface area (Å²) in [5, 5.41) is 3.23. The molecule has 1 aromatic carbocycles. The van der Waals surface area contributed by atoms with Crippen LogP contribution in [0.2, 0.25) is 0 Å². The van der Waals surface area contributed by atoms with Crippen molar-refractivity contribution in [3.63, 3.8) is 0 Å². The minimum Gasteiger partial charge on any atom is -0.493 e. The number of aryl methyl sites for hydroxylation is 1. The molecular formula is C23H37NO4. The van der Waals surface area contributed by atoms with E-state index in [4.69, 9.17) is 14.2 Å². The minimum absolute atomic E-state index is 0.118. The first-order chi connectivity index (χ1) is 13.3. The van der Waals surface area contributed by atoms with E-state index in [-0.39, 0.29) is 5.91 Å². The van der Waals surface area contributed by atoms with Gasteiger partial charge in [0, 0.05) is 12.5 Å². The standard InChI is InChI=1S/C23H37NO4/c1-7-23(2,3)17-9-11-18(12-10-17)24-21(25)13-8-16-14-19(26-4)22(28-6)20(15-16)27-5/h14-15,17-18H,7-13H2,1-6H3,(H,24,25). The van der Waals surface area contributed by atoms with Gasteiger partial charge < -0.3 is 19.5 Å². The third-order valence-corrected chi connectivity index (χ3v) is 6.47. The van der Waals surface area contributed by atoms with Gasteiger partial charge >= 0.3 is 0 Å². The molecule has 0 aromatic heterocycles. The predicted molar refractivity (Wildman–Crippen MR) is 112 cm³/mol. The molecule has 1 aliphatic carbocycles. The largest absolute Gasteiger partial charge is 0.493 e. The summed E-state index contributed by atoms with van der Waals surface area (Å²) in [4.78, 5) is 12.5. The maximum absolute atomic E-state index is 12.5. The van der Waals surface area contributed by atoms with E-state index in [2.05, 4.69) is 26.1 Å². The molecule has 2 rings (SSSR count). The molecule has 0 unspecified atom stereocenters. The Bertz CT molecular complexity index is 623. The minimum atomic E-state index is 0.118. The molecule has 0 aliphatic heterocycles. The lowest BCUT2D eigenvalue weighted by Crippen LogP contribution is -2.40. The summed E-state index contributed by atoms with van der Waals surface area (Å²) in [6, 6.07) is 4.13. The molecule has 1 aliphatic rings. The molecule has 28 heavy (non-hydrogen) atoms. The van der Waals surface area contributed by atoms with E-state index >= 15 is 0 Å². The van der Waals surface area contributed by atoms with Crippen molar-refractivity contribution in [3.8, 4) is 17.2 Å². The molecule has 5 nitrogen and oxygen atoms in total. The number of hydrogen-bond donors (Lipinski definition) is 1. The molecule has 0 spiro atoms. The van der Waals surface area contributed by atoms with Gasteiger partial charge in [0.25, 0.3) is 0 Å². The van der Waals surface area contributed by atoms with E-state index in [0.717, 1.165) is 24.3 Å². The summed E-state index contributed by atoms with van der Waals surface area (Å²) in [5.74, 6) is 2.70. The van der Waals surface area contributed by atoms with E-state index in [1.807, 2.05) is 12.1 Å². The summed E-state index contributed by atoms with van der Waals surface area (Å²) in [5.41, 5.74) is 1.40. The molecule has 1 amide bonds. The van der Waals surface area contributed by atoms with Crippen molar-refractivity contribution in [1.82, 2.24) is 5.32 Å². The molecule has 0 saturated heterocycles. The average molecular weight is 392 g/mol. The maximum Gasteiger partial charge on any atom is 0.220 e. The van der Waals surface area contributed by atoms with E-state index in [9.17, 15) is 4.79 Å². The number of carbonyl (C=O) groups is 1. The maximum atomic E-state index is 12.5. The number of benzene rings is 1. The Hall–Kier alpha value is -1.91. The van der Waals surface area contributed by atoms with Gasteiger partial charge in [-0.25, -0.2) is 0 Å². The summed E-state index contributed by atoms with van der Waals surface area (Å²) in [6.45, 7) is 7.01. The van der Waals surface area contributed by atoms with Crippen LogP contribution in [0.25, 0.3) is 0 Å². The molecule has 0 bridgehead atoms. The second-order valence-corrected chi connectivity index (χ2v) is 8.49. The lowest BCUT2D eigenvalue weighted by molar-refractivity contribution is -0.122. The van der Waals surface area contributed by atoms with Crippen molar-refractivity contribution < 1.29 is 19.0 Å². The monoisotopic (exact) mass is 391 g/mol. The fourth-order valence-electron chi connectivity index (χ4n) is 4.15. The van der Waals surface area contributed by atoms with Crippen LogP contribution in [0.15, 0.2) is 12.1 Å². The number of methoxy groups -OCH3 is 3. The zero-order chi connectivity index (χ0) is 20.7. The zero-order valence-electron chi connectivity index (χ0n) is 18.4. The lowest BCUT2D eigenvalue weighted by atomic mass is 9.69. The van der Waals surface area contributed by atoms with Crippen molar-refractivity contribution in [1.29, 1.82) is 0 Å². The van der Waals surface area contributed by atoms with Gasteiger partial charge in [-0.2, -0.15) is 0 Å². The summed E-state index contributed by atoms with van der Waals surface area (Å²) in [6.07, 6.45) is 6.90. The fraction of sp³-hybridized carbons (Fsp3) is 0.696. The van der Waals surface area contributed by atoms with Crippen LogP contribution >= 0.6 is 0 Å². The van der Waals surface area contributed by atoms with Crippen LogP contribution in [0.5, 0.6) is 17.2 Å². The lowest BCUT2D eigenvalue weighted by Gasteiger charge is -2.39. The molecule has 1 aromatic rings. The predicted octanol–water partition coefficient (Wildman–Crippen LogP) is 4.76. The Balaban J connectivity index is 1.86. The van der Waals surface area contributed by atoms with Gasteiger partial charge in [-0.3, -0.25) is 4.79 Å². The molecule has 0 radical (unpaired) electrons. The van der Waals surface area contributed by atoms with Gasteiger partial charge in [-0.05, 0) is 61.1 Å². The SMILES string of the molecule is CCC(C)(C)C1CCC(NC(=O)CCc2cc(OC)c(OC)c(OC)c2)CC1. The Kier molecular flexibility index (Phi) is 8.02. The van der Waals surface area contributed by atoms with Crippen molar-refractivity contribution in [3.05, 3.63) is 17.7 Å². The number of hydrogen-bond acceptors (Lipinski definition) is 4. The van der Waals surface area contributed by atoms with Crippen LogP contribution in [0.3, 0.4) is 0 Å². The van der Waals surface area contributed by atoms with Crippen LogP contribution in [-0.2, 0) is 11.2 Å².